The zero-order valence-electron chi connectivity index (χ0n) is 15.3. The zero-order chi connectivity index (χ0) is 19.6. The number of likely N-dealkylation sites (tertiary alicyclic amines) is 1. The Labute approximate surface area is 159 Å². The molecule has 0 saturated carbocycles. The van der Waals surface area contributed by atoms with E-state index in [-0.39, 0.29) is 34.1 Å². The summed E-state index contributed by atoms with van der Waals surface area (Å²) in [6, 6.07) is 14.1. The van der Waals surface area contributed by atoms with E-state index in [1.54, 1.807) is 11.0 Å². The summed E-state index contributed by atoms with van der Waals surface area (Å²) in [5, 5.41) is 0. The van der Waals surface area contributed by atoms with E-state index >= 15 is 0 Å². The summed E-state index contributed by atoms with van der Waals surface area (Å²) in [6.07, 6.45) is 0. The first kappa shape index (κ1) is 19.3. The molecule has 1 aliphatic rings. The van der Waals surface area contributed by atoms with Crippen molar-refractivity contribution in [2.24, 2.45) is 5.73 Å². The topological polar surface area (TPSA) is 102 Å². The molecule has 0 unspecified atom stereocenters. The second kappa shape index (κ2) is 7.67. The third kappa shape index (κ3) is 3.83. The van der Waals surface area contributed by atoms with E-state index in [0.29, 0.717) is 13.1 Å². The molecule has 1 amide bonds. The van der Waals surface area contributed by atoms with Crippen molar-refractivity contribution in [1.82, 2.24) is 9.62 Å². The Morgan fingerprint density at radius 2 is 1.89 bits per heavy atom. The summed E-state index contributed by atoms with van der Waals surface area (Å²) in [5.41, 5.74) is 7.64. The Balaban J connectivity index is 1.87. The molecule has 0 aromatic heterocycles. The number of carbonyl (C=O) groups excluding carboxylic acids is 1. The number of nitrogens with one attached hydrogen (secondary N) is 1. The molecular weight excluding hydrogens is 366 g/mol. The number of sulfonamides is 1. The van der Waals surface area contributed by atoms with Gasteiger partial charge in [0.25, 0.3) is 5.91 Å². The average molecular weight is 389 g/mol. The maximum absolute atomic E-state index is 13.0. The zero-order valence-corrected chi connectivity index (χ0v) is 16.1. The largest absolute Gasteiger partial charge is 0.495 e. The van der Waals surface area contributed by atoms with Gasteiger partial charge in [-0.15, -0.1) is 0 Å². The summed E-state index contributed by atoms with van der Waals surface area (Å²) in [5.74, 6) is -0.0193. The number of nitrogens with two attached hydrogens (primary N) is 1. The van der Waals surface area contributed by atoms with Gasteiger partial charge in [0.2, 0.25) is 10.0 Å². The molecule has 0 bridgehead atoms. The van der Waals surface area contributed by atoms with Crippen LogP contribution in [0.25, 0.3) is 0 Å². The Bertz CT molecular complexity index is 931. The van der Waals surface area contributed by atoms with E-state index in [2.05, 4.69) is 4.72 Å². The number of carbonyl (C=O) groups is 1. The number of amides is 1. The molecular formula is C19H23N3O4S. The van der Waals surface area contributed by atoms with Crippen molar-refractivity contribution in [3.63, 3.8) is 0 Å². The minimum Gasteiger partial charge on any atom is -0.495 e. The second-order valence-corrected chi connectivity index (χ2v) is 8.32. The minimum atomic E-state index is -3.76. The molecule has 1 fully saturated rings. The molecule has 2 aromatic carbocycles. The number of benzene rings is 2. The Kier molecular flexibility index (Phi) is 5.50. The van der Waals surface area contributed by atoms with Gasteiger partial charge in [-0.25, -0.2) is 13.1 Å². The molecule has 1 aliphatic heterocycles. The summed E-state index contributed by atoms with van der Waals surface area (Å²) >= 11 is 0. The van der Waals surface area contributed by atoms with Crippen molar-refractivity contribution in [3.8, 4) is 5.75 Å². The number of hydrogen-bond donors (Lipinski definition) is 2. The van der Waals surface area contributed by atoms with Crippen LogP contribution in [-0.4, -0.2) is 52.5 Å². The number of methoxy groups -OCH3 is 1. The van der Waals surface area contributed by atoms with Gasteiger partial charge in [0.05, 0.1) is 7.11 Å². The Hall–Kier alpha value is -2.42. The SMILES string of the molecule is CNS(=O)(=O)c1cc(C(=O)N2C[C@@H](N)[C@H](c3ccccc3)C2)ccc1OC. The van der Waals surface area contributed by atoms with Crippen molar-refractivity contribution >= 4 is 15.9 Å². The van der Waals surface area contributed by atoms with Crippen molar-refractivity contribution in [2.45, 2.75) is 16.9 Å². The van der Waals surface area contributed by atoms with Gasteiger partial charge in [0.1, 0.15) is 10.6 Å². The van der Waals surface area contributed by atoms with Gasteiger partial charge < -0.3 is 15.4 Å². The van der Waals surface area contributed by atoms with Gasteiger partial charge in [-0.05, 0) is 30.8 Å². The van der Waals surface area contributed by atoms with Crippen LogP contribution in [0.4, 0.5) is 0 Å². The number of ether oxygens (including phenoxy) is 1. The summed E-state index contributed by atoms with van der Waals surface area (Å²) in [4.78, 5) is 14.5. The Morgan fingerprint density at radius 3 is 2.52 bits per heavy atom. The van der Waals surface area contributed by atoms with Crippen LogP contribution in [0.3, 0.4) is 0 Å². The highest BCUT2D eigenvalue weighted by atomic mass is 32.2. The first-order valence-corrected chi connectivity index (χ1v) is 10.1. The van der Waals surface area contributed by atoms with Crippen molar-refractivity contribution in [2.75, 3.05) is 27.2 Å². The van der Waals surface area contributed by atoms with Crippen LogP contribution >= 0.6 is 0 Å². The molecule has 2 atom stereocenters. The third-order valence-corrected chi connectivity index (χ3v) is 6.28. The molecule has 3 rings (SSSR count). The molecule has 0 spiro atoms. The molecule has 1 heterocycles. The van der Waals surface area contributed by atoms with Crippen LogP contribution in [-0.2, 0) is 10.0 Å². The normalized spacial score (nSPS) is 19.9. The van der Waals surface area contributed by atoms with Crippen LogP contribution in [0.5, 0.6) is 5.75 Å². The van der Waals surface area contributed by atoms with Crippen LogP contribution in [0.1, 0.15) is 21.8 Å². The van der Waals surface area contributed by atoms with E-state index < -0.39 is 10.0 Å². The van der Waals surface area contributed by atoms with Crippen LogP contribution < -0.4 is 15.2 Å². The smallest absolute Gasteiger partial charge is 0.253 e. The maximum atomic E-state index is 13.0. The molecule has 27 heavy (non-hydrogen) atoms. The predicted octanol–water partition coefficient (Wildman–Crippen LogP) is 1.17. The monoisotopic (exact) mass is 389 g/mol. The van der Waals surface area contributed by atoms with Gasteiger partial charge in [-0.1, -0.05) is 30.3 Å². The minimum absolute atomic E-state index is 0.0499. The fraction of sp³-hybridized carbons (Fsp3) is 0.316. The van der Waals surface area contributed by atoms with E-state index in [1.807, 2.05) is 30.3 Å². The average Bonchev–Trinajstić information content (AvgIpc) is 3.09. The van der Waals surface area contributed by atoms with Crippen LogP contribution in [0.15, 0.2) is 53.4 Å². The summed E-state index contributed by atoms with van der Waals surface area (Å²) in [6.45, 7) is 0.905. The molecule has 0 aliphatic carbocycles. The highest BCUT2D eigenvalue weighted by Gasteiger charge is 2.34. The highest BCUT2D eigenvalue weighted by molar-refractivity contribution is 7.89. The number of nitrogens with zero attached hydrogens (tertiary/aromatic N) is 1. The molecule has 7 nitrogen and oxygen atoms in total. The lowest BCUT2D eigenvalue weighted by Crippen LogP contribution is -2.32. The molecule has 8 heteroatoms. The van der Waals surface area contributed by atoms with E-state index in [1.165, 1.54) is 26.3 Å². The van der Waals surface area contributed by atoms with Gasteiger partial charge in [-0.2, -0.15) is 0 Å². The molecule has 0 radical (unpaired) electrons. The van der Waals surface area contributed by atoms with Crippen molar-refractivity contribution in [3.05, 3.63) is 59.7 Å². The summed E-state index contributed by atoms with van der Waals surface area (Å²) in [7, 11) is -1.06. The number of rotatable bonds is 5. The fourth-order valence-electron chi connectivity index (χ4n) is 3.36. The lowest BCUT2D eigenvalue weighted by Gasteiger charge is -2.18. The first-order valence-electron chi connectivity index (χ1n) is 8.58. The van der Waals surface area contributed by atoms with Crippen molar-refractivity contribution < 1.29 is 17.9 Å². The fourth-order valence-corrected chi connectivity index (χ4v) is 4.28. The standard InChI is InChI=1S/C19H23N3O4S/c1-21-27(24,25)18-10-14(8-9-17(18)26-2)19(23)22-11-15(16(20)12-22)13-6-4-3-5-7-13/h3-10,15-16,21H,11-12,20H2,1-2H3/t15-,16+/m0/s1. The third-order valence-electron chi connectivity index (χ3n) is 4.85. The highest BCUT2D eigenvalue weighted by Crippen LogP contribution is 2.29. The van der Waals surface area contributed by atoms with Gasteiger partial charge in [-0.3, -0.25) is 4.79 Å². The molecule has 144 valence electrons. The predicted molar refractivity (Wildman–Crippen MR) is 102 cm³/mol. The van der Waals surface area contributed by atoms with Crippen molar-refractivity contribution in [1.29, 1.82) is 0 Å². The number of hydrogen-bond acceptors (Lipinski definition) is 5. The lowest BCUT2D eigenvalue weighted by atomic mass is 9.95. The van der Waals surface area contributed by atoms with Crippen LogP contribution in [0.2, 0.25) is 0 Å². The summed E-state index contributed by atoms with van der Waals surface area (Å²) < 4.78 is 31.8. The van der Waals surface area contributed by atoms with E-state index in [9.17, 15) is 13.2 Å². The molecule has 2 aromatic rings. The Morgan fingerprint density at radius 1 is 1.19 bits per heavy atom. The molecule has 1 saturated heterocycles. The lowest BCUT2D eigenvalue weighted by molar-refractivity contribution is 0.0789. The van der Waals surface area contributed by atoms with Gasteiger partial charge in [0, 0.05) is 30.6 Å². The van der Waals surface area contributed by atoms with Gasteiger partial charge in [0.15, 0.2) is 0 Å². The first-order chi connectivity index (χ1) is 12.9. The van der Waals surface area contributed by atoms with Gasteiger partial charge >= 0.3 is 0 Å². The van der Waals surface area contributed by atoms with Crippen LogP contribution in [0, 0.1) is 0 Å². The quantitative estimate of drug-likeness (QED) is 0.799. The second-order valence-electron chi connectivity index (χ2n) is 6.46. The molecule has 3 N–H and O–H groups in total. The van der Waals surface area contributed by atoms with E-state index in [0.717, 1.165) is 5.56 Å². The maximum Gasteiger partial charge on any atom is 0.253 e. The van der Waals surface area contributed by atoms with E-state index in [4.69, 9.17) is 10.5 Å².